The summed E-state index contributed by atoms with van der Waals surface area (Å²) in [6, 6.07) is 8.54. The van der Waals surface area contributed by atoms with E-state index in [2.05, 4.69) is 67.6 Å². The molecule has 0 heterocycles. The average Bonchev–Trinajstić information content (AvgIpc) is 2.01. The van der Waals surface area contributed by atoms with Gasteiger partial charge in [-0.25, -0.2) is 0 Å². The van der Waals surface area contributed by atoms with Crippen molar-refractivity contribution in [2.75, 3.05) is 5.75 Å². The van der Waals surface area contributed by atoms with Crippen molar-refractivity contribution in [3.8, 4) is 0 Å². The monoisotopic (exact) mass is 306 g/mol. The number of thioether (sulfide) groups is 1. The second kappa shape index (κ2) is 4.69. The standard InChI is InChI=1S/C11H15IS/c1-11(2,3)8-13-10-7-5-4-6-9(10)12/h4-7H,8H2,1-3H3. The second-order valence-corrected chi connectivity index (χ2v) is 6.46. The maximum atomic E-state index is 2.39. The van der Waals surface area contributed by atoms with Crippen LogP contribution in [-0.2, 0) is 0 Å². The lowest BCUT2D eigenvalue weighted by Gasteiger charge is -2.17. The van der Waals surface area contributed by atoms with E-state index in [0.29, 0.717) is 5.41 Å². The van der Waals surface area contributed by atoms with Crippen LogP contribution in [0.3, 0.4) is 0 Å². The Bertz CT molecular complexity index is 276. The largest absolute Gasteiger partial charge is 0.125 e. The van der Waals surface area contributed by atoms with Crippen LogP contribution in [0, 0.1) is 8.99 Å². The minimum absolute atomic E-state index is 0.406. The van der Waals surface area contributed by atoms with Crippen molar-refractivity contribution in [2.45, 2.75) is 25.7 Å². The summed E-state index contributed by atoms with van der Waals surface area (Å²) in [6.45, 7) is 6.82. The lowest BCUT2D eigenvalue weighted by Crippen LogP contribution is -2.08. The summed E-state index contributed by atoms with van der Waals surface area (Å²) in [6.07, 6.45) is 0. The van der Waals surface area contributed by atoms with Crippen molar-refractivity contribution in [2.24, 2.45) is 5.41 Å². The van der Waals surface area contributed by atoms with Crippen molar-refractivity contribution >= 4 is 34.4 Å². The van der Waals surface area contributed by atoms with Crippen LogP contribution in [0.5, 0.6) is 0 Å². The molecule has 0 bridgehead atoms. The molecule has 0 spiro atoms. The van der Waals surface area contributed by atoms with E-state index in [1.54, 1.807) is 0 Å². The quantitative estimate of drug-likeness (QED) is 0.575. The molecule has 0 saturated heterocycles. The highest BCUT2D eigenvalue weighted by atomic mass is 127. The summed E-state index contributed by atoms with van der Waals surface area (Å²) in [5, 5.41) is 0. The fourth-order valence-electron chi connectivity index (χ4n) is 0.856. The van der Waals surface area contributed by atoms with E-state index in [0.717, 1.165) is 0 Å². The van der Waals surface area contributed by atoms with E-state index in [1.807, 2.05) is 11.8 Å². The van der Waals surface area contributed by atoms with Gasteiger partial charge in [-0.15, -0.1) is 11.8 Å². The highest BCUT2D eigenvalue weighted by Gasteiger charge is 2.11. The minimum Gasteiger partial charge on any atom is -0.125 e. The van der Waals surface area contributed by atoms with E-state index in [9.17, 15) is 0 Å². The van der Waals surface area contributed by atoms with Gasteiger partial charge in [-0.3, -0.25) is 0 Å². The van der Waals surface area contributed by atoms with Gasteiger partial charge in [0.1, 0.15) is 0 Å². The molecule has 0 aliphatic heterocycles. The van der Waals surface area contributed by atoms with E-state index in [4.69, 9.17) is 0 Å². The number of hydrogen-bond acceptors (Lipinski definition) is 1. The smallest absolute Gasteiger partial charge is 0.0266 e. The maximum Gasteiger partial charge on any atom is 0.0266 e. The van der Waals surface area contributed by atoms with Crippen LogP contribution in [0.2, 0.25) is 0 Å². The molecule has 0 aliphatic carbocycles. The molecule has 0 fully saturated rings. The maximum absolute atomic E-state index is 2.39. The highest BCUT2D eigenvalue weighted by molar-refractivity contribution is 14.1. The molecular weight excluding hydrogens is 291 g/mol. The summed E-state index contributed by atoms with van der Waals surface area (Å²) in [7, 11) is 0. The van der Waals surface area contributed by atoms with Crippen LogP contribution in [-0.4, -0.2) is 5.75 Å². The first-order valence-electron chi connectivity index (χ1n) is 4.36. The molecule has 0 radical (unpaired) electrons. The molecule has 72 valence electrons. The lowest BCUT2D eigenvalue weighted by atomic mass is 10.0. The van der Waals surface area contributed by atoms with Crippen LogP contribution in [0.4, 0.5) is 0 Å². The fourth-order valence-corrected chi connectivity index (χ4v) is 2.68. The third-order valence-corrected chi connectivity index (χ3v) is 4.48. The molecule has 1 aromatic rings. The molecule has 1 rings (SSSR count). The van der Waals surface area contributed by atoms with Crippen molar-refractivity contribution in [1.82, 2.24) is 0 Å². The molecule has 0 atom stereocenters. The topological polar surface area (TPSA) is 0 Å². The van der Waals surface area contributed by atoms with Crippen LogP contribution < -0.4 is 0 Å². The predicted octanol–water partition coefficient (Wildman–Crippen LogP) is 4.43. The molecular formula is C11H15IS. The van der Waals surface area contributed by atoms with Crippen molar-refractivity contribution in [1.29, 1.82) is 0 Å². The Kier molecular flexibility index (Phi) is 4.10. The zero-order chi connectivity index (χ0) is 9.90. The van der Waals surface area contributed by atoms with E-state index in [-0.39, 0.29) is 0 Å². The van der Waals surface area contributed by atoms with Crippen molar-refractivity contribution in [3.05, 3.63) is 27.8 Å². The SMILES string of the molecule is CC(C)(C)CSc1ccccc1I. The molecule has 13 heavy (non-hydrogen) atoms. The van der Waals surface area contributed by atoms with Crippen molar-refractivity contribution < 1.29 is 0 Å². The highest BCUT2D eigenvalue weighted by Crippen LogP contribution is 2.29. The zero-order valence-corrected chi connectivity index (χ0v) is 11.3. The zero-order valence-electron chi connectivity index (χ0n) is 8.30. The molecule has 0 saturated carbocycles. The third-order valence-electron chi connectivity index (χ3n) is 1.50. The predicted molar refractivity (Wildman–Crippen MR) is 69.3 cm³/mol. The summed E-state index contributed by atoms with van der Waals surface area (Å²) >= 11 is 4.34. The summed E-state index contributed by atoms with van der Waals surface area (Å²) < 4.78 is 1.36. The van der Waals surface area contributed by atoms with E-state index >= 15 is 0 Å². The Morgan fingerprint density at radius 3 is 2.38 bits per heavy atom. The Morgan fingerprint density at radius 2 is 1.85 bits per heavy atom. The lowest BCUT2D eigenvalue weighted by molar-refractivity contribution is 0.481. The third kappa shape index (κ3) is 4.36. The summed E-state index contributed by atoms with van der Waals surface area (Å²) in [4.78, 5) is 1.40. The van der Waals surface area contributed by atoms with Gasteiger partial charge in [-0.2, -0.15) is 0 Å². The van der Waals surface area contributed by atoms with Gasteiger partial charge >= 0.3 is 0 Å². The minimum atomic E-state index is 0.406. The fraction of sp³-hybridized carbons (Fsp3) is 0.455. The number of benzene rings is 1. The van der Waals surface area contributed by atoms with Crippen LogP contribution in [0.15, 0.2) is 29.2 Å². The first kappa shape index (κ1) is 11.4. The Labute approximate surface area is 98.6 Å². The Hall–Kier alpha value is 0.300. The molecule has 0 amide bonds. The Morgan fingerprint density at radius 1 is 1.23 bits per heavy atom. The summed E-state index contributed by atoms with van der Waals surface area (Å²) in [5.74, 6) is 1.17. The second-order valence-electron chi connectivity index (χ2n) is 4.28. The van der Waals surface area contributed by atoms with Gasteiger partial charge in [0.25, 0.3) is 0 Å². The van der Waals surface area contributed by atoms with Gasteiger partial charge in [0.05, 0.1) is 0 Å². The van der Waals surface area contributed by atoms with E-state index < -0.39 is 0 Å². The molecule has 0 unspecified atom stereocenters. The number of halogens is 1. The number of hydrogen-bond donors (Lipinski definition) is 0. The molecule has 1 aromatic carbocycles. The van der Waals surface area contributed by atoms with E-state index in [1.165, 1.54) is 14.2 Å². The van der Waals surface area contributed by atoms with Gasteiger partial charge in [0.15, 0.2) is 0 Å². The molecule has 0 aliphatic rings. The van der Waals surface area contributed by atoms with Gasteiger partial charge in [0.2, 0.25) is 0 Å². The van der Waals surface area contributed by atoms with Crippen LogP contribution >= 0.6 is 34.4 Å². The van der Waals surface area contributed by atoms with Gasteiger partial charge in [-0.05, 0) is 40.1 Å². The van der Waals surface area contributed by atoms with Gasteiger partial charge in [0, 0.05) is 14.2 Å². The van der Waals surface area contributed by atoms with Gasteiger partial charge < -0.3 is 0 Å². The van der Waals surface area contributed by atoms with Crippen LogP contribution in [0.1, 0.15) is 20.8 Å². The normalized spacial score (nSPS) is 11.7. The average molecular weight is 306 g/mol. The first-order valence-corrected chi connectivity index (χ1v) is 6.43. The summed E-state index contributed by atoms with van der Waals surface area (Å²) in [5.41, 5.74) is 0.406. The number of rotatable bonds is 2. The first-order chi connectivity index (χ1) is 5.99. The molecule has 0 N–H and O–H groups in total. The molecule has 0 aromatic heterocycles. The Balaban J connectivity index is 2.60. The molecule has 0 nitrogen and oxygen atoms in total. The van der Waals surface area contributed by atoms with Gasteiger partial charge in [-0.1, -0.05) is 32.9 Å². The molecule has 2 heteroatoms. The van der Waals surface area contributed by atoms with Crippen molar-refractivity contribution in [3.63, 3.8) is 0 Å². The van der Waals surface area contributed by atoms with Crippen LogP contribution in [0.25, 0.3) is 0 Å².